The Morgan fingerprint density at radius 3 is 2.75 bits per heavy atom. The number of aromatic nitrogens is 2. The molecule has 2 aromatic rings. The Kier molecular flexibility index (Phi) is 5.09. The maximum atomic E-state index is 12.6. The Hall–Kier alpha value is -2.01. The van der Waals surface area contributed by atoms with Gasteiger partial charge in [-0.25, -0.2) is 0 Å². The molecule has 1 aromatic carbocycles. The van der Waals surface area contributed by atoms with Crippen molar-refractivity contribution in [3.63, 3.8) is 0 Å². The fourth-order valence-electron chi connectivity index (χ4n) is 3.15. The van der Waals surface area contributed by atoms with Gasteiger partial charge in [0, 0.05) is 18.8 Å². The number of ether oxygens (including phenoxy) is 1. The van der Waals surface area contributed by atoms with Crippen LogP contribution in [0, 0.1) is 5.92 Å². The standard InChI is InChI=1S/C18H22ClN3O2/c1-21-14(9-10-20-21)12-22(17(23)11-19)18(13-7-8-13)15-5-3-4-6-16(15)24-2/h3-6,9-10,13,18H,7-8,11-12H2,1-2H3. The molecule has 1 unspecified atom stereocenters. The third kappa shape index (κ3) is 3.41. The fourth-order valence-corrected chi connectivity index (χ4v) is 3.30. The molecule has 1 amide bonds. The van der Waals surface area contributed by atoms with Crippen molar-refractivity contribution in [2.24, 2.45) is 13.0 Å². The summed E-state index contributed by atoms with van der Waals surface area (Å²) in [5.41, 5.74) is 2.03. The van der Waals surface area contributed by atoms with E-state index in [-0.39, 0.29) is 17.8 Å². The van der Waals surface area contributed by atoms with Crippen LogP contribution in [0.5, 0.6) is 5.75 Å². The summed E-state index contributed by atoms with van der Waals surface area (Å²) in [6.45, 7) is 0.487. The van der Waals surface area contributed by atoms with E-state index in [0.29, 0.717) is 12.5 Å². The van der Waals surface area contributed by atoms with E-state index in [1.54, 1.807) is 18.0 Å². The van der Waals surface area contributed by atoms with Crippen molar-refractivity contribution < 1.29 is 9.53 Å². The number of nitrogens with zero attached hydrogens (tertiary/aromatic N) is 3. The summed E-state index contributed by atoms with van der Waals surface area (Å²) in [5.74, 6) is 1.16. The molecule has 1 atom stereocenters. The molecule has 128 valence electrons. The van der Waals surface area contributed by atoms with Crippen LogP contribution in [0.25, 0.3) is 0 Å². The second kappa shape index (κ2) is 7.26. The van der Waals surface area contributed by atoms with Crippen LogP contribution in [0.4, 0.5) is 0 Å². The number of rotatable bonds is 7. The Morgan fingerprint density at radius 2 is 2.17 bits per heavy atom. The maximum Gasteiger partial charge on any atom is 0.238 e. The smallest absolute Gasteiger partial charge is 0.238 e. The van der Waals surface area contributed by atoms with E-state index in [9.17, 15) is 4.79 Å². The number of alkyl halides is 1. The monoisotopic (exact) mass is 347 g/mol. The zero-order chi connectivity index (χ0) is 17.1. The van der Waals surface area contributed by atoms with E-state index in [2.05, 4.69) is 5.10 Å². The number of aryl methyl sites for hydroxylation is 1. The maximum absolute atomic E-state index is 12.6. The Balaban J connectivity index is 1.99. The van der Waals surface area contributed by atoms with Gasteiger partial charge >= 0.3 is 0 Å². The summed E-state index contributed by atoms with van der Waals surface area (Å²) >= 11 is 5.91. The number of hydrogen-bond acceptors (Lipinski definition) is 3. The highest BCUT2D eigenvalue weighted by Gasteiger charge is 2.39. The second-order valence-corrected chi connectivity index (χ2v) is 6.39. The first kappa shape index (κ1) is 16.8. The number of benzene rings is 1. The molecule has 0 N–H and O–H groups in total. The molecule has 3 rings (SSSR count). The lowest BCUT2D eigenvalue weighted by atomic mass is 9.99. The van der Waals surface area contributed by atoms with Gasteiger partial charge in [-0.15, -0.1) is 11.6 Å². The summed E-state index contributed by atoms with van der Waals surface area (Å²) < 4.78 is 7.33. The fraction of sp³-hybridized carbons (Fsp3) is 0.444. The van der Waals surface area contributed by atoms with Gasteiger partial charge in [0.2, 0.25) is 5.91 Å². The summed E-state index contributed by atoms with van der Waals surface area (Å²) in [6.07, 6.45) is 3.97. The SMILES string of the molecule is COc1ccccc1C(C1CC1)N(Cc1ccnn1C)C(=O)CCl. The third-order valence-corrected chi connectivity index (χ3v) is 4.78. The highest BCUT2D eigenvalue weighted by molar-refractivity contribution is 6.27. The molecule has 0 spiro atoms. The van der Waals surface area contributed by atoms with Crippen molar-refractivity contribution in [2.75, 3.05) is 13.0 Å². The van der Waals surface area contributed by atoms with Crippen molar-refractivity contribution >= 4 is 17.5 Å². The number of para-hydroxylation sites is 1. The first-order valence-corrected chi connectivity index (χ1v) is 8.64. The van der Waals surface area contributed by atoms with Crippen LogP contribution in [0.15, 0.2) is 36.5 Å². The van der Waals surface area contributed by atoms with Crippen LogP contribution >= 0.6 is 11.6 Å². The lowest BCUT2D eigenvalue weighted by Crippen LogP contribution is -2.37. The average molecular weight is 348 g/mol. The average Bonchev–Trinajstić information content (AvgIpc) is 3.36. The molecule has 1 saturated carbocycles. The number of amides is 1. The summed E-state index contributed by atoms with van der Waals surface area (Å²) in [7, 11) is 3.55. The predicted molar refractivity (Wildman–Crippen MR) is 92.9 cm³/mol. The molecule has 1 aliphatic rings. The van der Waals surface area contributed by atoms with Gasteiger partial charge in [0.15, 0.2) is 0 Å². The number of carbonyl (C=O) groups is 1. The minimum Gasteiger partial charge on any atom is -0.496 e. The van der Waals surface area contributed by atoms with E-state index in [1.807, 2.05) is 42.3 Å². The highest BCUT2D eigenvalue weighted by atomic mass is 35.5. The first-order valence-electron chi connectivity index (χ1n) is 8.11. The summed E-state index contributed by atoms with van der Waals surface area (Å²) in [4.78, 5) is 14.5. The van der Waals surface area contributed by atoms with Crippen LogP contribution in [0.3, 0.4) is 0 Å². The molecule has 1 aromatic heterocycles. The molecule has 1 aliphatic carbocycles. The van der Waals surface area contributed by atoms with Crippen molar-refractivity contribution in [3.05, 3.63) is 47.8 Å². The van der Waals surface area contributed by atoms with Gasteiger partial charge in [0.25, 0.3) is 0 Å². The largest absolute Gasteiger partial charge is 0.496 e. The predicted octanol–water partition coefficient (Wildman–Crippen LogP) is 3.15. The topological polar surface area (TPSA) is 47.4 Å². The third-order valence-electron chi connectivity index (χ3n) is 4.55. The molecule has 0 saturated heterocycles. The zero-order valence-corrected chi connectivity index (χ0v) is 14.7. The Labute approximate surface area is 147 Å². The molecule has 0 bridgehead atoms. The van der Waals surface area contributed by atoms with Gasteiger partial charge in [-0.1, -0.05) is 18.2 Å². The number of carbonyl (C=O) groups excluding carboxylic acids is 1. The van der Waals surface area contributed by atoms with Gasteiger partial charge in [-0.3, -0.25) is 9.48 Å². The van der Waals surface area contributed by atoms with E-state index < -0.39 is 0 Å². The zero-order valence-electron chi connectivity index (χ0n) is 14.0. The first-order chi connectivity index (χ1) is 11.7. The molecule has 6 heteroatoms. The van der Waals surface area contributed by atoms with Crippen molar-refractivity contribution in [2.45, 2.75) is 25.4 Å². The van der Waals surface area contributed by atoms with Crippen LogP contribution in [-0.2, 0) is 18.4 Å². The molecular weight excluding hydrogens is 326 g/mol. The summed E-state index contributed by atoms with van der Waals surface area (Å²) in [6, 6.07) is 9.82. The van der Waals surface area contributed by atoms with Crippen molar-refractivity contribution in [1.82, 2.24) is 14.7 Å². The van der Waals surface area contributed by atoms with Gasteiger partial charge in [0.1, 0.15) is 11.6 Å². The van der Waals surface area contributed by atoms with Gasteiger partial charge in [-0.2, -0.15) is 5.10 Å². The summed E-state index contributed by atoms with van der Waals surface area (Å²) in [5, 5.41) is 4.20. The van der Waals surface area contributed by atoms with Gasteiger partial charge in [-0.05, 0) is 30.9 Å². The lowest BCUT2D eigenvalue weighted by molar-refractivity contribution is -0.132. The van der Waals surface area contributed by atoms with Crippen LogP contribution in [-0.4, -0.2) is 33.6 Å². The highest BCUT2D eigenvalue weighted by Crippen LogP contribution is 2.47. The van der Waals surface area contributed by atoms with Crippen LogP contribution < -0.4 is 4.74 Å². The molecule has 0 radical (unpaired) electrons. The molecule has 0 aliphatic heterocycles. The molecule has 1 fully saturated rings. The molecule has 24 heavy (non-hydrogen) atoms. The normalized spacial score (nSPS) is 15.1. The van der Waals surface area contributed by atoms with Crippen LogP contribution in [0.1, 0.15) is 30.1 Å². The Morgan fingerprint density at radius 1 is 1.42 bits per heavy atom. The van der Waals surface area contributed by atoms with Crippen molar-refractivity contribution in [1.29, 1.82) is 0 Å². The van der Waals surface area contributed by atoms with E-state index in [4.69, 9.17) is 16.3 Å². The van der Waals surface area contributed by atoms with Crippen molar-refractivity contribution in [3.8, 4) is 5.75 Å². The minimum atomic E-state index is -0.0688. The van der Waals surface area contributed by atoms with Crippen LogP contribution in [0.2, 0.25) is 0 Å². The second-order valence-electron chi connectivity index (χ2n) is 6.13. The number of methoxy groups -OCH3 is 1. The van der Waals surface area contributed by atoms with E-state index >= 15 is 0 Å². The Bertz CT molecular complexity index is 712. The van der Waals surface area contributed by atoms with Gasteiger partial charge in [0.05, 0.1) is 25.4 Å². The van der Waals surface area contributed by atoms with Gasteiger partial charge < -0.3 is 9.64 Å². The minimum absolute atomic E-state index is 0.0256. The number of halogens is 1. The molecule has 5 nitrogen and oxygen atoms in total. The molecular formula is C18H22ClN3O2. The van der Waals surface area contributed by atoms with E-state index in [0.717, 1.165) is 29.8 Å². The quantitative estimate of drug-likeness (QED) is 0.723. The van der Waals surface area contributed by atoms with E-state index in [1.165, 1.54) is 0 Å². The molecule has 1 heterocycles. The number of hydrogen-bond donors (Lipinski definition) is 0. The lowest BCUT2D eigenvalue weighted by Gasteiger charge is -2.33.